The Hall–Kier alpha value is -0.910. The van der Waals surface area contributed by atoms with Crippen LogP contribution in [-0.4, -0.2) is 38.1 Å². The molecule has 1 aromatic rings. The number of nitrogens with two attached hydrogens (primary N) is 1. The molecule has 1 rings (SSSR count). The Morgan fingerprint density at radius 3 is 2.30 bits per heavy atom. The molecule has 0 radical (unpaired) electrons. The summed E-state index contributed by atoms with van der Waals surface area (Å²) < 4.78 is 26.4. The van der Waals surface area contributed by atoms with E-state index in [9.17, 15) is 8.42 Å². The first-order chi connectivity index (χ1) is 9.30. The van der Waals surface area contributed by atoms with Gasteiger partial charge in [0.15, 0.2) is 0 Å². The molecule has 0 spiro atoms. The predicted molar refractivity (Wildman–Crippen MR) is 84.0 cm³/mol. The third-order valence-corrected chi connectivity index (χ3v) is 5.29. The van der Waals surface area contributed by atoms with Crippen molar-refractivity contribution >= 4 is 10.0 Å². The van der Waals surface area contributed by atoms with Gasteiger partial charge in [0.25, 0.3) is 0 Å². The average molecular weight is 298 g/mol. The molecule has 4 nitrogen and oxygen atoms in total. The summed E-state index contributed by atoms with van der Waals surface area (Å²) in [6.07, 6.45) is 0.544. The minimum Gasteiger partial charge on any atom is -0.330 e. The molecule has 0 saturated carbocycles. The molecule has 5 heteroatoms. The van der Waals surface area contributed by atoms with Gasteiger partial charge in [-0.05, 0) is 23.9 Å². The molecule has 0 saturated heterocycles. The lowest BCUT2D eigenvalue weighted by Gasteiger charge is -2.30. The summed E-state index contributed by atoms with van der Waals surface area (Å²) in [5.74, 6) is 0.144. The van der Waals surface area contributed by atoms with E-state index in [4.69, 9.17) is 5.73 Å². The van der Waals surface area contributed by atoms with Gasteiger partial charge in [0.1, 0.15) is 0 Å². The molecule has 0 unspecified atom stereocenters. The van der Waals surface area contributed by atoms with Crippen LogP contribution in [0.15, 0.2) is 30.3 Å². The lowest BCUT2D eigenvalue weighted by molar-refractivity contribution is 0.273. The van der Waals surface area contributed by atoms with Crippen molar-refractivity contribution in [3.05, 3.63) is 35.9 Å². The number of aryl methyl sites for hydroxylation is 1. The summed E-state index contributed by atoms with van der Waals surface area (Å²) >= 11 is 0. The molecule has 0 fully saturated rings. The molecule has 2 N–H and O–H groups in total. The molecule has 0 aromatic heterocycles. The largest absolute Gasteiger partial charge is 0.330 e. The SMILES string of the molecule is CCN(CC(C)(C)CN)S(=O)(=O)CCc1ccccc1. The minimum atomic E-state index is -3.24. The molecule has 0 amide bonds. The van der Waals surface area contributed by atoms with Gasteiger partial charge >= 0.3 is 0 Å². The van der Waals surface area contributed by atoms with E-state index in [1.807, 2.05) is 51.1 Å². The van der Waals surface area contributed by atoms with Gasteiger partial charge in [0, 0.05) is 13.1 Å². The first-order valence-electron chi connectivity index (χ1n) is 7.02. The maximum atomic E-state index is 12.4. The molecule has 0 aliphatic heterocycles. The maximum absolute atomic E-state index is 12.4. The number of hydrogen-bond donors (Lipinski definition) is 1. The zero-order chi connectivity index (χ0) is 15.2. The molecule has 0 atom stereocenters. The van der Waals surface area contributed by atoms with Crippen molar-refractivity contribution in [1.82, 2.24) is 4.31 Å². The lowest BCUT2D eigenvalue weighted by Crippen LogP contribution is -2.43. The zero-order valence-corrected chi connectivity index (χ0v) is 13.5. The van der Waals surface area contributed by atoms with Gasteiger partial charge < -0.3 is 5.73 Å². The second-order valence-corrected chi connectivity index (χ2v) is 7.93. The van der Waals surface area contributed by atoms with E-state index < -0.39 is 10.0 Å². The quantitative estimate of drug-likeness (QED) is 0.797. The highest BCUT2D eigenvalue weighted by molar-refractivity contribution is 7.89. The van der Waals surface area contributed by atoms with Gasteiger partial charge in [-0.2, -0.15) is 0 Å². The molecule has 0 aliphatic carbocycles. The van der Waals surface area contributed by atoms with Gasteiger partial charge in [-0.15, -0.1) is 0 Å². The highest BCUT2D eigenvalue weighted by atomic mass is 32.2. The van der Waals surface area contributed by atoms with Crippen LogP contribution in [0, 0.1) is 5.41 Å². The van der Waals surface area contributed by atoms with E-state index in [2.05, 4.69) is 0 Å². The molecular weight excluding hydrogens is 272 g/mol. The van der Waals surface area contributed by atoms with Crippen LogP contribution in [0.25, 0.3) is 0 Å². The smallest absolute Gasteiger partial charge is 0.214 e. The van der Waals surface area contributed by atoms with Crippen molar-refractivity contribution in [3.8, 4) is 0 Å². The van der Waals surface area contributed by atoms with Crippen LogP contribution < -0.4 is 5.73 Å². The van der Waals surface area contributed by atoms with Gasteiger partial charge in [0.2, 0.25) is 10.0 Å². The summed E-state index contributed by atoms with van der Waals surface area (Å²) in [6, 6.07) is 9.69. The van der Waals surface area contributed by atoms with Crippen molar-refractivity contribution in [3.63, 3.8) is 0 Å². The molecule has 1 aromatic carbocycles. The molecule has 0 bridgehead atoms. The van der Waals surface area contributed by atoms with Crippen molar-refractivity contribution in [1.29, 1.82) is 0 Å². The van der Waals surface area contributed by atoms with E-state index in [0.717, 1.165) is 5.56 Å². The van der Waals surface area contributed by atoms with Crippen LogP contribution in [-0.2, 0) is 16.4 Å². The third kappa shape index (κ3) is 5.23. The molecule has 114 valence electrons. The number of rotatable bonds is 8. The monoisotopic (exact) mass is 298 g/mol. The van der Waals surface area contributed by atoms with Gasteiger partial charge in [-0.25, -0.2) is 12.7 Å². The summed E-state index contributed by atoms with van der Waals surface area (Å²) in [5, 5.41) is 0. The topological polar surface area (TPSA) is 63.4 Å². The number of sulfonamides is 1. The second kappa shape index (κ2) is 7.20. The van der Waals surface area contributed by atoms with Crippen LogP contribution in [0.3, 0.4) is 0 Å². The number of hydrogen-bond acceptors (Lipinski definition) is 3. The van der Waals surface area contributed by atoms with Crippen molar-refractivity contribution in [2.45, 2.75) is 27.2 Å². The van der Waals surface area contributed by atoms with Crippen molar-refractivity contribution < 1.29 is 8.42 Å². The fourth-order valence-electron chi connectivity index (χ4n) is 1.97. The average Bonchev–Trinajstić information content (AvgIpc) is 2.44. The van der Waals surface area contributed by atoms with Gasteiger partial charge in [-0.3, -0.25) is 0 Å². The second-order valence-electron chi connectivity index (χ2n) is 5.85. The Labute approximate surface area is 123 Å². The molecule has 0 aliphatic rings. The first kappa shape index (κ1) is 17.1. The van der Waals surface area contributed by atoms with Gasteiger partial charge in [0.05, 0.1) is 5.75 Å². The highest BCUT2D eigenvalue weighted by Crippen LogP contribution is 2.18. The van der Waals surface area contributed by atoms with E-state index >= 15 is 0 Å². The van der Waals surface area contributed by atoms with Crippen molar-refractivity contribution in [2.75, 3.05) is 25.4 Å². The Kier molecular flexibility index (Phi) is 6.17. The van der Waals surface area contributed by atoms with Crippen LogP contribution in [0.2, 0.25) is 0 Å². The number of benzene rings is 1. The standard InChI is InChI=1S/C15H26N2O2S/c1-4-17(13-15(2,3)12-16)20(18,19)11-10-14-8-6-5-7-9-14/h5-9H,4,10-13,16H2,1-3H3. The lowest BCUT2D eigenvalue weighted by atomic mass is 9.94. The Balaban J connectivity index is 2.70. The molecule has 0 heterocycles. The predicted octanol–water partition coefficient (Wildman–Crippen LogP) is 1.87. The zero-order valence-electron chi connectivity index (χ0n) is 12.7. The highest BCUT2D eigenvalue weighted by Gasteiger charge is 2.27. The Morgan fingerprint density at radius 2 is 1.80 bits per heavy atom. The summed E-state index contributed by atoms with van der Waals surface area (Å²) in [5.41, 5.74) is 6.54. The van der Waals surface area contributed by atoms with E-state index in [-0.39, 0.29) is 11.2 Å². The normalized spacial score (nSPS) is 12.8. The fraction of sp³-hybridized carbons (Fsp3) is 0.600. The van der Waals surface area contributed by atoms with E-state index in [1.54, 1.807) is 4.31 Å². The van der Waals surface area contributed by atoms with Crippen LogP contribution in [0.4, 0.5) is 0 Å². The summed E-state index contributed by atoms with van der Waals surface area (Å²) in [4.78, 5) is 0. The molecule has 20 heavy (non-hydrogen) atoms. The molecular formula is C15H26N2O2S. The van der Waals surface area contributed by atoms with Crippen LogP contribution in [0.5, 0.6) is 0 Å². The van der Waals surface area contributed by atoms with Crippen molar-refractivity contribution in [2.24, 2.45) is 11.1 Å². The van der Waals surface area contributed by atoms with Crippen LogP contribution >= 0.6 is 0 Å². The first-order valence-corrected chi connectivity index (χ1v) is 8.63. The van der Waals surface area contributed by atoms with Crippen LogP contribution in [0.1, 0.15) is 26.3 Å². The van der Waals surface area contributed by atoms with Gasteiger partial charge in [-0.1, -0.05) is 51.1 Å². The van der Waals surface area contributed by atoms with E-state index in [0.29, 0.717) is 26.1 Å². The Morgan fingerprint density at radius 1 is 1.20 bits per heavy atom. The number of nitrogens with zero attached hydrogens (tertiary/aromatic N) is 1. The maximum Gasteiger partial charge on any atom is 0.214 e. The fourth-order valence-corrected chi connectivity index (χ4v) is 3.66. The minimum absolute atomic E-state index is 0.144. The summed E-state index contributed by atoms with van der Waals surface area (Å²) in [6.45, 7) is 7.27. The summed E-state index contributed by atoms with van der Waals surface area (Å²) in [7, 11) is -3.24. The third-order valence-electron chi connectivity index (χ3n) is 3.39. The Bertz CT molecular complexity index is 498. The van der Waals surface area contributed by atoms with E-state index in [1.165, 1.54) is 0 Å².